The molecule has 0 aromatic rings. The monoisotopic (exact) mass is 190 g/mol. The van der Waals surface area contributed by atoms with E-state index in [0.29, 0.717) is 11.6 Å². The molecular weight excluding hydrogens is 180 g/mol. The van der Waals surface area contributed by atoms with Crippen molar-refractivity contribution in [3.05, 3.63) is 24.3 Å². The normalized spacial score (nSPS) is 48.3. The van der Waals surface area contributed by atoms with Gasteiger partial charge in [-0.25, -0.2) is 0 Å². The van der Waals surface area contributed by atoms with E-state index in [0.717, 1.165) is 5.71 Å². The third-order valence-electron chi connectivity index (χ3n) is 3.49. The number of nitrogens with zero attached hydrogens (tertiary/aromatic N) is 2. The van der Waals surface area contributed by atoms with Crippen LogP contribution in [0.4, 0.5) is 0 Å². The Morgan fingerprint density at radius 2 is 1.79 bits per heavy atom. The van der Waals surface area contributed by atoms with Crippen LogP contribution in [0.1, 0.15) is 0 Å². The van der Waals surface area contributed by atoms with E-state index in [2.05, 4.69) is 16.4 Å². The summed E-state index contributed by atoms with van der Waals surface area (Å²) in [6, 6.07) is 0. The van der Waals surface area contributed by atoms with E-state index in [1.165, 1.54) is 0 Å². The maximum absolute atomic E-state index is 8.88. The highest BCUT2D eigenvalue weighted by Crippen LogP contribution is 2.49. The lowest BCUT2D eigenvalue weighted by atomic mass is 9.85. The van der Waals surface area contributed by atoms with Crippen molar-refractivity contribution < 1.29 is 10.4 Å². The Morgan fingerprint density at radius 1 is 1.00 bits per heavy atom. The predicted octanol–water partition coefficient (Wildman–Crippen LogP) is 1.26. The molecule has 1 saturated carbocycles. The highest BCUT2D eigenvalue weighted by molar-refractivity contribution is 6.09. The minimum absolute atomic E-state index is 0.121. The fourth-order valence-electron chi connectivity index (χ4n) is 2.93. The molecule has 14 heavy (non-hydrogen) atoms. The molecule has 0 unspecified atom stereocenters. The average molecular weight is 190 g/mol. The van der Waals surface area contributed by atoms with E-state index >= 15 is 0 Å². The van der Waals surface area contributed by atoms with Gasteiger partial charge in [-0.15, -0.1) is 0 Å². The number of hydrogen-bond acceptors (Lipinski definition) is 4. The van der Waals surface area contributed by atoms with Crippen LogP contribution in [0.2, 0.25) is 0 Å². The van der Waals surface area contributed by atoms with E-state index in [1.54, 1.807) is 0 Å². The van der Waals surface area contributed by atoms with Crippen LogP contribution in [0.25, 0.3) is 0 Å². The molecule has 0 aliphatic heterocycles. The lowest BCUT2D eigenvalue weighted by molar-refractivity contribution is 0.312. The highest BCUT2D eigenvalue weighted by Gasteiger charge is 2.52. The van der Waals surface area contributed by atoms with Crippen molar-refractivity contribution in [3.8, 4) is 0 Å². The van der Waals surface area contributed by atoms with Crippen LogP contribution in [0.3, 0.4) is 0 Å². The number of fused-ring (bicyclic) bond motifs is 5. The first-order valence-electron chi connectivity index (χ1n) is 4.67. The van der Waals surface area contributed by atoms with Gasteiger partial charge < -0.3 is 10.4 Å². The van der Waals surface area contributed by atoms with E-state index in [4.69, 9.17) is 10.4 Å². The fraction of sp³-hybridized carbons (Fsp3) is 0.400. The van der Waals surface area contributed by atoms with Crippen molar-refractivity contribution >= 4 is 11.4 Å². The van der Waals surface area contributed by atoms with Gasteiger partial charge in [0.1, 0.15) is 0 Å². The van der Waals surface area contributed by atoms with Crippen LogP contribution >= 0.6 is 0 Å². The van der Waals surface area contributed by atoms with Gasteiger partial charge in [-0.2, -0.15) is 0 Å². The van der Waals surface area contributed by atoms with Crippen molar-refractivity contribution in [1.29, 1.82) is 0 Å². The van der Waals surface area contributed by atoms with Crippen molar-refractivity contribution in [3.63, 3.8) is 0 Å². The molecule has 0 aromatic heterocycles. The first-order chi connectivity index (χ1) is 6.86. The van der Waals surface area contributed by atoms with Gasteiger partial charge in [0.15, 0.2) is 0 Å². The molecule has 3 aliphatic rings. The molecule has 0 spiro atoms. The van der Waals surface area contributed by atoms with Crippen LogP contribution in [-0.2, 0) is 0 Å². The van der Waals surface area contributed by atoms with E-state index in [9.17, 15) is 0 Å². The second-order valence-corrected chi connectivity index (χ2v) is 3.95. The first kappa shape index (κ1) is 7.79. The Balaban J connectivity index is 2.08. The van der Waals surface area contributed by atoms with Gasteiger partial charge in [0.05, 0.1) is 11.4 Å². The summed E-state index contributed by atoms with van der Waals surface area (Å²) in [6.07, 6.45) is 8.01. The van der Waals surface area contributed by atoms with Gasteiger partial charge in [-0.05, 0) is 12.0 Å². The maximum atomic E-state index is 8.88. The van der Waals surface area contributed by atoms with Crippen molar-refractivity contribution in [1.82, 2.24) is 0 Å². The molecule has 3 rings (SSSR count). The quantitative estimate of drug-likeness (QED) is 0.343. The number of oxime groups is 2. The Hall–Kier alpha value is -1.58. The van der Waals surface area contributed by atoms with Crippen LogP contribution in [0.15, 0.2) is 34.6 Å². The van der Waals surface area contributed by atoms with Gasteiger partial charge in [0.2, 0.25) is 0 Å². The predicted molar refractivity (Wildman–Crippen MR) is 50.7 cm³/mol. The molecule has 4 nitrogen and oxygen atoms in total. The summed E-state index contributed by atoms with van der Waals surface area (Å²) in [6.45, 7) is 0. The molecule has 4 heteroatoms. The van der Waals surface area contributed by atoms with E-state index < -0.39 is 0 Å². The zero-order valence-electron chi connectivity index (χ0n) is 7.41. The summed E-state index contributed by atoms with van der Waals surface area (Å²) in [5, 5.41) is 24.3. The number of allylic oxidation sites excluding steroid dienone is 4. The second-order valence-electron chi connectivity index (χ2n) is 3.95. The molecule has 0 saturated heterocycles. The number of rotatable bonds is 0. The third kappa shape index (κ3) is 0.697. The summed E-state index contributed by atoms with van der Waals surface area (Å²) in [5.41, 5.74) is 1.51. The van der Waals surface area contributed by atoms with Gasteiger partial charge in [0, 0.05) is 17.8 Å². The van der Waals surface area contributed by atoms with Gasteiger partial charge in [-0.3, -0.25) is 0 Å². The molecule has 2 N–H and O–H groups in total. The van der Waals surface area contributed by atoms with E-state index in [-0.39, 0.29) is 17.8 Å². The molecule has 0 amide bonds. The zero-order chi connectivity index (χ0) is 9.71. The molecule has 0 heterocycles. The minimum Gasteiger partial charge on any atom is -0.411 e. The van der Waals surface area contributed by atoms with Gasteiger partial charge in [-0.1, -0.05) is 28.5 Å². The van der Waals surface area contributed by atoms with Crippen molar-refractivity contribution in [2.45, 2.75) is 0 Å². The topological polar surface area (TPSA) is 65.2 Å². The van der Waals surface area contributed by atoms with Crippen molar-refractivity contribution in [2.75, 3.05) is 0 Å². The Bertz CT molecular complexity index is 395. The molecule has 0 radical (unpaired) electrons. The molecule has 4 atom stereocenters. The minimum atomic E-state index is 0.121. The lowest BCUT2D eigenvalue weighted by Gasteiger charge is -2.17. The maximum Gasteiger partial charge on any atom is 0.0839 e. The Labute approximate surface area is 80.9 Å². The first-order valence-corrected chi connectivity index (χ1v) is 4.67. The Kier molecular flexibility index (Phi) is 1.37. The molecule has 0 aromatic carbocycles. The standard InChI is InChI=1S/C10H10N2O2/c13-11-8-4-3-5-6-1-2-7(9(5)8)10(6)12-14/h1-7,9,13-14H/b11-8-,12-10-/t5-,6-,7-,9+/m0/s1. The lowest BCUT2D eigenvalue weighted by Crippen LogP contribution is -2.20. The molecule has 3 aliphatic carbocycles. The van der Waals surface area contributed by atoms with E-state index in [1.807, 2.05) is 18.2 Å². The summed E-state index contributed by atoms with van der Waals surface area (Å²) in [7, 11) is 0. The molecule has 1 fully saturated rings. The number of hydrogen-bond donors (Lipinski definition) is 2. The van der Waals surface area contributed by atoms with Crippen LogP contribution in [0.5, 0.6) is 0 Å². The summed E-state index contributed by atoms with van der Waals surface area (Å²) >= 11 is 0. The SMILES string of the molecule is O/N=C1/C=C[C@@H]2[C@@H]1[C@@H]1C=C[C@@H]2/C1=N/O. The third-order valence-corrected chi connectivity index (χ3v) is 3.49. The van der Waals surface area contributed by atoms with Crippen LogP contribution in [0, 0.1) is 23.7 Å². The van der Waals surface area contributed by atoms with Gasteiger partial charge in [0.25, 0.3) is 0 Å². The van der Waals surface area contributed by atoms with Gasteiger partial charge >= 0.3 is 0 Å². The van der Waals surface area contributed by atoms with Crippen LogP contribution < -0.4 is 0 Å². The fourth-order valence-corrected chi connectivity index (χ4v) is 2.93. The van der Waals surface area contributed by atoms with Crippen LogP contribution in [-0.4, -0.2) is 21.8 Å². The smallest absolute Gasteiger partial charge is 0.0839 e. The molecule has 2 bridgehead atoms. The highest BCUT2D eigenvalue weighted by atomic mass is 16.4. The second kappa shape index (κ2) is 2.47. The Morgan fingerprint density at radius 3 is 2.50 bits per heavy atom. The summed E-state index contributed by atoms with van der Waals surface area (Å²) < 4.78 is 0. The average Bonchev–Trinajstić information content (AvgIpc) is 2.87. The molecular formula is C10H10N2O2. The van der Waals surface area contributed by atoms with Crippen molar-refractivity contribution in [2.24, 2.45) is 34.0 Å². The summed E-state index contributed by atoms with van der Waals surface area (Å²) in [5.74, 6) is 0.823. The largest absolute Gasteiger partial charge is 0.411 e. The summed E-state index contributed by atoms with van der Waals surface area (Å²) in [4.78, 5) is 0. The molecule has 72 valence electrons. The zero-order valence-corrected chi connectivity index (χ0v) is 7.41.